The molecule has 0 aliphatic carbocycles. The van der Waals surface area contributed by atoms with E-state index >= 15 is 0 Å². The Morgan fingerprint density at radius 1 is 0.714 bits per heavy atom. The zero-order valence-electron chi connectivity index (χ0n) is 19.3. The highest BCUT2D eigenvalue weighted by Crippen LogP contribution is 2.30. The average molecular weight is 465 g/mol. The summed E-state index contributed by atoms with van der Waals surface area (Å²) in [6.45, 7) is 0.0438. The number of nitrogens with two attached hydrogens (primary N) is 1. The van der Waals surface area contributed by atoms with Crippen molar-refractivity contribution in [1.29, 1.82) is 0 Å². The molecule has 3 N–H and O–H groups in total. The number of phenols is 1. The van der Waals surface area contributed by atoms with Gasteiger partial charge in [0.25, 0.3) is 0 Å². The number of hydrogen-bond donors (Lipinski definition) is 2. The van der Waals surface area contributed by atoms with Gasteiger partial charge in [-0.25, -0.2) is 0 Å². The summed E-state index contributed by atoms with van der Waals surface area (Å²) in [5.41, 5.74) is 8.96. The minimum absolute atomic E-state index is 0.0438. The molecule has 5 heteroatoms. The van der Waals surface area contributed by atoms with Crippen LogP contribution in [-0.4, -0.2) is 27.9 Å². The van der Waals surface area contributed by atoms with Crippen molar-refractivity contribution in [2.75, 3.05) is 0 Å². The van der Waals surface area contributed by atoms with Crippen molar-refractivity contribution in [2.24, 2.45) is 5.73 Å². The number of rotatable bonds is 9. The van der Waals surface area contributed by atoms with E-state index in [1.165, 1.54) is 4.90 Å². The Hall–Kier alpha value is -4.38. The normalized spacial score (nSPS) is 11.7. The number of nitrogens with zero attached hydrogens (tertiary/aromatic N) is 1. The minimum Gasteiger partial charge on any atom is -0.508 e. The molecule has 0 heterocycles. The van der Waals surface area contributed by atoms with Crippen molar-refractivity contribution < 1.29 is 14.7 Å². The average Bonchev–Trinajstić information content (AvgIpc) is 2.89. The lowest BCUT2D eigenvalue weighted by Gasteiger charge is -2.33. The number of amides is 2. The SMILES string of the molecule is NC(=O)[C@@H](Cc1ccccc1)N(Cc1ccccc1O)C(=O)C(c1ccccc1)c1ccccc1. The summed E-state index contributed by atoms with van der Waals surface area (Å²) in [4.78, 5) is 28.6. The molecule has 1 atom stereocenters. The number of phenolic OH excluding ortho intramolecular Hbond substituents is 1. The van der Waals surface area contributed by atoms with Crippen molar-refractivity contribution in [3.63, 3.8) is 0 Å². The molecule has 0 spiro atoms. The maximum absolute atomic E-state index is 14.3. The Morgan fingerprint density at radius 3 is 1.71 bits per heavy atom. The topological polar surface area (TPSA) is 83.6 Å². The highest BCUT2D eigenvalue weighted by atomic mass is 16.3. The summed E-state index contributed by atoms with van der Waals surface area (Å²) in [6.07, 6.45) is 0.270. The maximum Gasteiger partial charge on any atom is 0.240 e. The number of carbonyl (C=O) groups is 2. The van der Waals surface area contributed by atoms with Crippen molar-refractivity contribution in [3.8, 4) is 5.75 Å². The number of hydrogen-bond acceptors (Lipinski definition) is 3. The summed E-state index contributed by atoms with van der Waals surface area (Å²) in [6, 6.07) is 34.4. The van der Waals surface area contributed by atoms with Crippen LogP contribution in [0.5, 0.6) is 5.75 Å². The zero-order chi connectivity index (χ0) is 24.6. The molecule has 176 valence electrons. The Morgan fingerprint density at radius 2 is 1.20 bits per heavy atom. The van der Waals surface area contributed by atoms with Gasteiger partial charge >= 0.3 is 0 Å². The summed E-state index contributed by atoms with van der Waals surface area (Å²) >= 11 is 0. The zero-order valence-corrected chi connectivity index (χ0v) is 19.3. The third-order valence-corrected chi connectivity index (χ3v) is 6.10. The standard InChI is InChI=1S/C30H28N2O3/c31-29(34)26(20-22-12-4-1-5-13-22)32(21-25-18-10-11-19-27(25)33)30(35)28(23-14-6-2-7-15-23)24-16-8-3-9-17-24/h1-19,26,28,33H,20-21H2,(H2,31,34)/t26-/m1/s1. The van der Waals surface area contributed by atoms with Gasteiger partial charge in [-0.3, -0.25) is 9.59 Å². The minimum atomic E-state index is -0.903. The highest BCUT2D eigenvalue weighted by molar-refractivity contribution is 5.92. The molecule has 4 rings (SSSR count). The van der Waals surface area contributed by atoms with Crippen LogP contribution < -0.4 is 5.73 Å². The Labute approximate surface area is 205 Å². The summed E-state index contributed by atoms with van der Waals surface area (Å²) in [5, 5.41) is 10.5. The van der Waals surface area contributed by atoms with Crippen LogP contribution in [0.2, 0.25) is 0 Å². The second-order valence-corrected chi connectivity index (χ2v) is 8.46. The summed E-state index contributed by atoms with van der Waals surface area (Å²) in [5.74, 6) is -1.44. The lowest BCUT2D eigenvalue weighted by atomic mass is 9.89. The van der Waals surface area contributed by atoms with Gasteiger partial charge < -0.3 is 15.7 Å². The van der Waals surface area contributed by atoms with Gasteiger partial charge in [0.2, 0.25) is 11.8 Å². The molecular weight excluding hydrogens is 436 g/mol. The van der Waals surface area contributed by atoms with Gasteiger partial charge in [0.1, 0.15) is 11.8 Å². The highest BCUT2D eigenvalue weighted by Gasteiger charge is 2.35. The van der Waals surface area contributed by atoms with Crippen LogP contribution in [0.3, 0.4) is 0 Å². The monoisotopic (exact) mass is 464 g/mol. The van der Waals surface area contributed by atoms with Gasteiger partial charge in [-0.05, 0) is 22.8 Å². The molecule has 4 aromatic carbocycles. The van der Waals surface area contributed by atoms with Crippen LogP contribution in [0.1, 0.15) is 28.2 Å². The molecule has 0 saturated heterocycles. The molecule has 5 nitrogen and oxygen atoms in total. The molecule has 0 fully saturated rings. The van der Waals surface area contributed by atoms with Crippen LogP contribution in [0.4, 0.5) is 0 Å². The number of primary amides is 1. The predicted molar refractivity (Wildman–Crippen MR) is 137 cm³/mol. The van der Waals surface area contributed by atoms with E-state index in [9.17, 15) is 14.7 Å². The lowest BCUT2D eigenvalue weighted by Crippen LogP contribution is -2.50. The third-order valence-electron chi connectivity index (χ3n) is 6.10. The fraction of sp³-hybridized carbons (Fsp3) is 0.133. The molecule has 4 aromatic rings. The Balaban J connectivity index is 1.80. The van der Waals surface area contributed by atoms with E-state index < -0.39 is 17.9 Å². The first-order valence-corrected chi connectivity index (χ1v) is 11.5. The van der Waals surface area contributed by atoms with E-state index in [4.69, 9.17) is 5.73 Å². The summed E-state index contributed by atoms with van der Waals surface area (Å²) in [7, 11) is 0. The molecule has 0 unspecified atom stereocenters. The van der Waals surface area contributed by atoms with Crippen LogP contribution in [-0.2, 0) is 22.6 Å². The molecule has 0 bridgehead atoms. The van der Waals surface area contributed by atoms with Crippen LogP contribution in [0.15, 0.2) is 115 Å². The van der Waals surface area contributed by atoms with Crippen LogP contribution in [0, 0.1) is 0 Å². The third kappa shape index (κ3) is 5.76. The Kier molecular flexibility index (Phi) is 7.58. The fourth-order valence-corrected chi connectivity index (χ4v) is 4.31. The van der Waals surface area contributed by atoms with Crippen molar-refractivity contribution in [3.05, 3.63) is 138 Å². The molecule has 0 aliphatic rings. The van der Waals surface area contributed by atoms with E-state index in [0.29, 0.717) is 5.56 Å². The predicted octanol–water partition coefficient (Wildman–Crippen LogP) is 4.65. The van der Waals surface area contributed by atoms with Crippen molar-refractivity contribution in [1.82, 2.24) is 4.90 Å². The maximum atomic E-state index is 14.3. The van der Waals surface area contributed by atoms with Crippen molar-refractivity contribution in [2.45, 2.75) is 24.9 Å². The van der Waals surface area contributed by atoms with E-state index in [0.717, 1.165) is 16.7 Å². The van der Waals surface area contributed by atoms with Gasteiger partial charge in [0.05, 0.1) is 12.5 Å². The van der Waals surface area contributed by atoms with Gasteiger partial charge in [-0.15, -0.1) is 0 Å². The quantitative estimate of drug-likeness (QED) is 0.378. The lowest BCUT2D eigenvalue weighted by molar-refractivity contribution is -0.140. The van der Waals surface area contributed by atoms with Gasteiger partial charge in [-0.1, -0.05) is 109 Å². The first-order chi connectivity index (χ1) is 17.0. The first kappa shape index (κ1) is 23.8. The van der Waals surface area contributed by atoms with E-state index in [1.54, 1.807) is 24.3 Å². The molecular formula is C30H28N2O3. The Bertz CT molecular complexity index is 1220. The van der Waals surface area contributed by atoms with Gasteiger partial charge in [-0.2, -0.15) is 0 Å². The number of carbonyl (C=O) groups excluding carboxylic acids is 2. The molecule has 0 aromatic heterocycles. The molecule has 0 saturated carbocycles. The first-order valence-electron chi connectivity index (χ1n) is 11.5. The molecule has 0 radical (unpaired) electrons. The van der Waals surface area contributed by atoms with Crippen LogP contribution in [0.25, 0.3) is 0 Å². The van der Waals surface area contributed by atoms with Gasteiger partial charge in [0.15, 0.2) is 0 Å². The number of aromatic hydroxyl groups is 1. The van der Waals surface area contributed by atoms with Gasteiger partial charge in [0, 0.05) is 12.0 Å². The second-order valence-electron chi connectivity index (χ2n) is 8.46. The van der Waals surface area contributed by atoms with Crippen molar-refractivity contribution >= 4 is 11.8 Å². The number of benzene rings is 4. The molecule has 0 aliphatic heterocycles. The van der Waals surface area contributed by atoms with Crippen LogP contribution >= 0.6 is 0 Å². The van der Waals surface area contributed by atoms with E-state index in [2.05, 4.69) is 0 Å². The summed E-state index contributed by atoms with van der Waals surface area (Å²) < 4.78 is 0. The molecule has 35 heavy (non-hydrogen) atoms. The number of para-hydroxylation sites is 1. The second kappa shape index (κ2) is 11.2. The molecule has 2 amide bonds. The fourth-order valence-electron chi connectivity index (χ4n) is 4.31. The van der Waals surface area contributed by atoms with E-state index in [-0.39, 0.29) is 24.6 Å². The van der Waals surface area contributed by atoms with E-state index in [1.807, 2.05) is 91.0 Å². The largest absolute Gasteiger partial charge is 0.508 e. The smallest absolute Gasteiger partial charge is 0.240 e.